The van der Waals surface area contributed by atoms with Crippen molar-refractivity contribution in [1.29, 1.82) is 0 Å². The van der Waals surface area contributed by atoms with Gasteiger partial charge in [0.2, 0.25) is 0 Å². The van der Waals surface area contributed by atoms with E-state index in [1.54, 1.807) is 0 Å². The highest BCUT2D eigenvalue weighted by atomic mass is 35.5. The highest BCUT2D eigenvalue weighted by Gasteiger charge is 2.24. The van der Waals surface area contributed by atoms with Crippen molar-refractivity contribution in [2.45, 2.75) is 45.2 Å². The van der Waals surface area contributed by atoms with Crippen LogP contribution in [0.4, 0.5) is 5.69 Å². The Morgan fingerprint density at radius 2 is 1.69 bits per heavy atom. The first-order chi connectivity index (χ1) is 13.8. The van der Waals surface area contributed by atoms with Gasteiger partial charge in [0.25, 0.3) is 0 Å². The molecule has 1 N–H and O–H groups in total. The third kappa shape index (κ3) is 4.69. The minimum absolute atomic E-state index is 0.150. The lowest BCUT2D eigenvalue weighted by atomic mass is 9.98. The molecule has 0 amide bonds. The average Bonchev–Trinajstić information content (AvgIpc) is 2.69. The van der Waals surface area contributed by atoms with Crippen molar-refractivity contribution in [1.82, 2.24) is 10.3 Å². The second-order valence-corrected chi connectivity index (χ2v) is 9.64. The number of pyridine rings is 1. The lowest BCUT2D eigenvalue weighted by Gasteiger charge is -2.37. The van der Waals surface area contributed by atoms with Gasteiger partial charge < -0.3 is 10.2 Å². The SMILES string of the molecule is CC(C)(C)NC1CCN(c2cc(-c3ccc(Cl)c(Cl)c3)nc3ccccc23)CC1. The van der Waals surface area contributed by atoms with Crippen molar-refractivity contribution < 1.29 is 0 Å². The van der Waals surface area contributed by atoms with E-state index in [1.807, 2.05) is 24.3 Å². The molecule has 4 rings (SSSR count). The van der Waals surface area contributed by atoms with E-state index in [1.165, 1.54) is 11.1 Å². The van der Waals surface area contributed by atoms with Gasteiger partial charge >= 0.3 is 0 Å². The van der Waals surface area contributed by atoms with Crippen molar-refractivity contribution in [2.24, 2.45) is 0 Å². The number of rotatable bonds is 3. The average molecular weight is 428 g/mol. The van der Waals surface area contributed by atoms with E-state index in [0.29, 0.717) is 16.1 Å². The first-order valence-electron chi connectivity index (χ1n) is 10.2. The molecule has 1 aliphatic heterocycles. The van der Waals surface area contributed by atoms with Crippen molar-refractivity contribution in [3.05, 3.63) is 58.6 Å². The minimum Gasteiger partial charge on any atom is -0.371 e. The van der Waals surface area contributed by atoms with Gasteiger partial charge in [0, 0.05) is 41.3 Å². The van der Waals surface area contributed by atoms with Gasteiger partial charge in [0.1, 0.15) is 0 Å². The van der Waals surface area contributed by atoms with E-state index in [-0.39, 0.29) is 5.54 Å². The van der Waals surface area contributed by atoms with E-state index < -0.39 is 0 Å². The maximum atomic E-state index is 6.26. The molecule has 0 spiro atoms. The molecule has 1 fully saturated rings. The molecule has 29 heavy (non-hydrogen) atoms. The number of hydrogen-bond donors (Lipinski definition) is 1. The van der Waals surface area contributed by atoms with Crippen LogP contribution in [0.1, 0.15) is 33.6 Å². The van der Waals surface area contributed by atoms with Crippen molar-refractivity contribution in [2.75, 3.05) is 18.0 Å². The van der Waals surface area contributed by atoms with Crippen LogP contribution in [0.15, 0.2) is 48.5 Å². The number of benzene rings is 2. The lowest BCUT2D eigenvalue weighted by molar-refractivity contribution is 0.317. The molecule has 152 valence electrons. The summed E-state index contributed by atoms with van der Waals surface area (Å²) in [5, 5.41) is 6.05. The number of anilines is 1. The predicted molar refractivity (Wildman–Crippen MR) is 125 cm³/mol. The molecule has 0 radical (unpaired) electrons. The fourth-order valence-corrected chi connectivity index (χ4v) is 4.40. The summed E-state index contributed by atoms with van der Waals surface area (Å²) in [5.41, 5.74) is 4.30. The molecule has 3 nitrogen and oxygen atoms in total. The Morgan fingerprint density at radius 3 is 2.38 bits per heavy atom. The molecule has 1 aliphatic rings. The van der Waals surface area contributed by atoms with Gasteiger partial charge in [-0.3, -0.25) is 0 Å². The molecule has 1 aromatic heterocycles. The number of nitrogens with one attached hydrogen (secondary N) is 1. The summed E-state index contributed by atoms with van der Waals surface area (Å²) in [5.74, 6) is 0. The molecule has 1 saturated heterocycles. The van der Waals surface area contributed by atoms with Gasteiger partial charge in [-0.05, 0) is 57.9 Å². The van der Waals surface area contributed by atoms with Crippen LogP contribution in [-0.4, -0.2) is 29.7 Å². The summed E-state index contributed by atoms with van der Waals surface area (Å²) in [7, 11) is 0. The van der Waals surface area contributed by atoms with E-state index >= 15 is 0 Å². The lowest BCUT2D eigenvalue weighted by Crippen LogP contribution is -2.49. The van der Waals surface area contributed by atoms with E-state index in [0.717, 1.165) is 42.7 Å². The highest BCUT2D eigenvalue weighted by molar-refractivity contribution is 6.42. The Labute approximate surface area is 183 Å². The first-order valence-corrected chi connectivity index (χ1v) is 10.9. The zero-order chi connectivity index (χ0) is 20.6. The van der Waals surface area contributed by atoms with Gasteiger partial charge in [-0.15, -0.1) is 0 Å². The summed E-state index contributed by atoms with van der Waals surface area (Å²) in [6.07, 6.45) is 2.27. The zero-order valence-corrected chi connectivity index (χ0v) is 18.7. The largest absolute Gasteiger partial charge is 0.371 e. The fourth-order valence-electron chi connectivity index (χ4n) is 4.10. The van der Waals surface area contributed by atoms with Crippen LogP contribution in [0.5, 0.6) is 0 Å². The smallest absolute Gasteiger partial charge is 0.0730 e. The fraction of sp³-hybridized carbons (Fsp3) is 0.375. The van der Waals surface area contributed by atoms with Crippen LogP contribution in [-0.2, 0) is 0 Å². The molecule has 0 aliphatic carbocycles. The normalized spacial score (nSPS) is 15.8. The van der Waals surface area contributed by atoms with E-state index in [9.17, 15) is 0 Å². The van der Waals surface area contributed by atoms with Gasteiger partial charge in [0.15, 0.2) is 0 Å². The van der Waals surface area contributed by atoms with Crippen LogP contribution >= 0.6 is 23.2 Å². The number of piperidine rings is 1. The molecule has 0 atom stereocenters. The van der Waals surface area contributed by atoms with Crippen molar-refractivity contribution in [3.8, 4) is 11.3 Å². The Morgan fingerprint density at radius 1 is 0.966 bits per heavy atom. The highest BCUT2D eigenvalue weighted by Crippen LogP contribution is 2.34. The molecule has 2 heterocycles. The predicted octanol–water partition coefficient (Wildman–Crippen LogP) is 6.57. The van der Waals surface area contributed by atoms with Gasteiger partial charge in [-0.1, -0.05) is 47.5 Å². The minimum atomic E-state index is 0.150. The van der Waals surface area contributed by atoms with Crippen molar-refractivity contribution in [3.63, 3.8) is 0 Å². The molecular formula is C24H27Cl2N3. The van der Waals surface area contributed by atoms with Gasteiger partial charge in [-0.25, -0.2) is 4.98 Å². The summed E-state index contributed by atoms with van der Waals surface area (Å²) in [4.78, 5) is 7.39. The monoisotopic (exact) mass is 427 g/mol. The molecule has 0 saturated carbocycles. The Hall–Kier alpha value is -1.81. The molecule has 3 aromatic rings. The van der Waals surface area contributed by atoms with Crippen LogP contribution in [0, 0.1) is 0 Å². The number of aromatic nitrogens is 1. The second kappa shape index (κ2) is 8.14. The topological polar surface area (TPSA) is 28.2 Å². The third-order valence-electron chi connectivity index (χ3n) is 5.38. The van der Waals surface area contributed by atoms with Crippen LogP contribution < -0.4 is 10.2 Å². The molecule has 0 bridgehead atoms. The number of para-hydroxylation sites is 1. The standard InChI is InChI=1S/C24H27Cl2N3/c1-24(2,3)28-17-10-12-29(13-11-17)23-15-22(16-8-9-19(25)20(26)14-16)27-21-7-5-4-6-18(21)23/h4-9,14-15,17,28H,10-13H2,1-3H3. The molecule has 2 aromatic carbocycles. The Bertz CT molecular complexity index is 1020. The maximum absolute atomic E-state index is 6.26. The summed E-state index contributed by atoms with van der Waals surface area (Å²) < 4.78 is 0. The third-order valence-corrected chi connectivity index (χ3v) is 6.12. The second-order valence-electron chi connectivity index (χ2n) is 8.83. The summed E-state index contributed by atoms with van der Waals surface area (Å²) in [6, 6.07) is 16.8. The number of fused-ring (bicyclic) bond motifs is 1. The molecule has 5 heteroatoms. The summed E-state index contributed by atoms with van der Waals surface area (Å²) >= 11 is 12.4. The first kappa shape index (κ1) is 20.5. The summed E-state index contributed by atoms with van der Waals surface area (Å²) in [6.45, 7) is 8.77. The van der Waals surface area contributed by atoms with E-state index in [2.05, 4.69) is 55.3 Å². The number of halogens is 2. The van der Waals surface area contributed by atoms with Crippen LogP contribution in [0.25, 0.3) is 22.2 Å². The van der Waals surface area contributed by atoms with Gasteiger partial charge in [-0.2, -0.15) is 0 Å². The zero-order valence-electron chi connectivity index (χ0n) is 17.2. The van der Waals surface area contributed by atoms with Crippen LogP contribution in [0.3, 0.4) is 0 Å². The number of hydrogen-bond acceptors (Lipinski definition) is 3. The number of nitrogens with zero attached hydrogens (tertiary/aromatic N) is 2. The van der Waals surface area contributed by atoms with Crippen molar-refractivity contribution >= 4 is 39.8 Å². The molecule has 0 unspecified atom stereocenters. The van der Waals surface area contributed by atoms with E-state index in [4.69, 9.17) is 28.2 Å². The molecular weight excluding hydrogens is 401 g/mol. The maximum Gasteiger partial charge on any atom is 0.0730 e. The quantitative estimate of drug-likeness (QED) is 0.512. The van der Waals surface area contributed by atoms with Gasteiger partial charge in [0.05, 0.1) is 21.3 Å². The Balaban J connectivity index is 1.68. The van der Waals surface area contributed by atoms with Crippen LogP contribution in [0.2, 0.25) is 10.0 Å². The Kier molecular flexibility index (Phi) is 5.74.